The van der Waals surface area contributed by atoms with Crippen molar-refractivity contribution in [1.29, 1.82) is 0 Å². The van der Waals surface area contributed by atoms with Crippen LogP contribution < -0.4 is 26.0 Å². The van der Waals surface area contributed by atoms with Gasteiger partial charge in [-0.2, -0.15) is 0 Å². The van der Waals surface area contributed by atoms with E-state index in [2.05, 4.69) is 415 Å². The highest BCUT2D eigenvalue weighted by Crippen LogP contribution is 2.60. The van der Waals surface area contributed by atoms with Crippen molar-refractivity contribution in [3.63, 3.8) is 0 Å². The third kappa shape index (κ3) is 10.8. The first-order valence-electron chi connectivity index (χ1n) is 39.5. The van der Waals surface area contributed by atoms with E-state index in [-0.39, 0.29) is 33.8 Å². The molecule has 4 nitrogen and oxygen atoms in total. The topological polar surface area (TPSA) is 22.3 Å². The van der Waals surface area contributed by atoms with Gasteiger partial charge in [0.15, 0.2) is 0 Å². The monoisotopic (exact) mass is 1420 g/mol. The van der Waals surface area contributed by atoms with Gasteiger partial charge in [-0.25, -0.2) is 0 Å². The summed E-state index contributed by atoms with van der Waals surface area (Å²) < 4.78 is 13.1. The molecule has 0 unspecified atom stereocenters. The van der Waals surface area contributed by atoms with Crippen LogP contribution in [-0.4, -0.2) is 15.8 Å². The Balaban J connectivity index is 0.954. The molecule has 2 aromatic heterocycles. The standard InChI is InChI=1S/C105H94BN3O/c1-100(2,3)70-44-51-89-82(56-70)83-57-71(101(4,5)6)45-52-90(83)107(89)75-48-50-88-95(63-75)110-96-64-76(108-91-53-46-72(102(7,8)9)58-84(91)85-59-73(103(10,11)12)47-54-92(85)108)62-94-98(96)106(88)87-49-43-67(55-93(87)109(94)99-80(65-31-20-16-21-32-65)60-74(104(13,14)15)61-81(99)66-33-22-17-23-34-66)77-40-30-41-79-78-39-28-29-42-86(78)105(97(77)79,68-35-24-18-25-36-68)69-37-26-19-27-38-69/h16-64H,1-15H3. The maximum atomic E-state index is 8.03. The van der Waals surface area contributed by atoms with Gasteiger partial charge < -0.3 is 18.8 Å². The van der Waals surface area contributed by atoms with Crippen molar-refractivity contribution < 1.29 is 4.74 Å². The van der Waals surface area contributed by atoms with Crippen LogP contribution in [-0.2, 0) is 32.5 Å². The Morgan fingerprint density at radius 1 is 0.291 bits per heavy atom. The molecule has 110 heavy (non-hydrogen) atoms. The molecule has 0 fully saturated rings. The molecule has 19 rings (SSSR count). The molecule has 0 amide bonds. The molecule has 3 aliphatic rings. The van der Waals surface area contributed by atoms with E-state index in [1.165, 1.54) is 105 Å². The Morgan fingerprint density at radius 2 is 0.709 bits per heavy atom. The summed E-state index contributed by atoms with van der Waals surface area (Å²) in [5.41, 5.74) is 33.1. The van der Waals surface area contributed by atoms with Crippen molar-refractivity contribution in [1.82, 2.24) is 9.13 Å². The molecule has 538 valence electrons. The molecular weight excluding hydrogens is 1330 g/mol. The fourth-order valence-corrected chi connectivity index (χ4v) is 18.6. The molecule has 0 radical (unpaired) electrons. The zero-order valence-electron chi connectivity index (χ0n) is 66.1. The van der Waals surface area contributed by atoms with Gasteiger partial charge in [-0.15, -0.1) is 0 Å². The van der Waals surface area contributed by atoms with E-state index >= 15 is 0 Å². The van der Waals surface area contributed by atoms with Crippen molar-refractivity contribution in [3.8, 4) is 67.4 Å². The van der Waals surface area contributed by atoms with Crippen molar-refractivity contribution in [2.24, 2.45) is 0 Å². The zero-order valence-corrected chi connectivity index (χ0v) is 66.1. The van der Waals surface area contributed by atoms with E-state index in [9.17, 15) is 0 Å². The molecular formula is C105H94BN3O. The molecule has 14 aromatic carbocycles. The lowest BCUT2D eigenvalue weighted by Gasteiger charge is -2.42. The lowest BCUT2D eigenvalue weighted by Crippen LogP contribution is -2.59. The van der Waals surface area contributed by atoms with E-state index in [1.54, 1.807) is 0 Å². The summed E-state index contributed by atoms with van der Waals surface area (Å²) in [6, 6.07) is 114. The van der Waals surface area contributed by atoms with Gasteiger partial charge in [0.25, 0.3) is 6.71 Å². The number of anilines is 3. The molecule has 2 aliphatic heterocycles. The van der Waals surface area contributed by atoms with Crippen LogP contribution in [0.2, 0.25) is 0 Å². The molecule has 0 N–H and O–H groups in total. The number of fused-ring (bicyclic) bond motifs is 13. The van der Waals surface area contributed by atoms with Crippen LogP contribution in [0.5, 0.6) is 11.5 Å². The highest BCUT2D eigenvalue weighted by molar-refractivity contribution is 6.99. The van der Waals surface area contributed by atoms with Gasteiger partial charge in [-0.3, -0.25) is 0 Å². The summed E-state index contributed by atoms with van der Waals surface area (Å²) in [6.07, 6.45) is 0. The van der Waals surface area contributed by atoms with Crippen LogP contribution in [0, 0.1) is 0 Å². The van der Waals surface area contributed by atoms with Crippen LogP contribution in [0.1, 0.15) is 154 Å². The van der Waals surface area contributed by atoms with E-state index < -0.39 is 5.41 Å². The number of benzene rings is 14. The van der Waals surface area contributed by atoms with Crippen LogP contribution in [0.25, 0.3) is 99.5 Å². The first-order valence-corrected chi connectivity index (χ1v) is 39.5. The summed E-state index contributed by atoms with van der Waals surface area (Å²) >= 11 is 0. The number of hydrogen-bond acceptors (Lipinski definition) is 2. The lowest BCUT2D eigenvalue weighted by atomic mass is 9.34. The molecule has 5 heteroatoms. The minimum absolute atomic E-state index is 0.0460. The first kappa shape index (κ1) is 68.8. The quantitative estimate of drug-likeness (QED) is 0.142. The summed E-state index contributed by atoms with van der Waals surface area (Å²) in [6.45, 7) is 34.7. The van der Waals surface area contributed by atoms with Gasteiger partial charge >= 0.3 is 0 Å². The number of nitrogens with zero attached hydrogens (tertiary/aromatic N) is 3. The third-order valence-corrected chi connectivity index (χ3v) is 24.4. The molecule has 0 saturated carbocycles. The van der Waals surface area contributed by atoms with Gasteiger partial charge in [0, 0.05) is 61.9 Å². The molecule has 16 aromatic rings. The normalized spacial score (nSPS) is 13.9. The molecule has 0 saturated heterocycles. The Morgan fingerprint density at radius 3 is 1.19 bits per heavy atom. The summed E-state index contributed by atoms with van der Waals surface area (Å²) in [4.78, 5) is 2.69. The van der Waals surface area contributed by atoms with E-state index in [0.29, 0.717) is 0 Å². The van der Waals surface area contributed by atoms with E-state index in [1.807, 2.05) is 0 Å². The Kier molecular flexibility index (Phi) is 15.4. The number of rotatable bonds is 8. The van der Waals surface area contributed by atoms with Gasteiger partial charge in [0.05, 0.1) is 38.9 Å². The Bertz CT molecular complexity index is 6190. The van der Waals surface area contributed by atoms with Gasteiger partial charge in [0.1, 0.15) is 11.5 Å². The van der Waals surface area contributed by atoms with Gasteiger partial charge in [-0.05, 0) is 206 Å². The Hall–Kier alpha value is -11.7. The number of hydrogen-bond donors (Lipinski definition) is 0. The summed E-state index contributed by atoms with van der Waals surface area (Å²) in [5.74, 6) is 1.67. The van der Waals surface area contributed by atoms with Crippen LogP contribution >= 0.6 is 0 Å². The van der Waals surface area contributed by atoms with Crippen molar-refractivity contribution in [2.75, 3.05) is 4.90 Å². The predicted octanol–water partition coefficient (Wildman–Crippen LogP) is 26.1. The highest BCUT2D eigenvalue weighted by atomic mass is 16.5. The third-order valence-electron chi connectivity index (χ3n) is 24.4. The van der Waals surface area contributed by atoms with E-state index in [4.69, 9.17) is 4.74 Å². The van der Waals surface area contributed by atoms with Crippen molar-refractivity contribution >= 4 is 83.8 Å². The van der Waals surface area contributed by atoms with Crippen LogP contribution in [0.4, 0.5) is 17.1 Å². The highest BCUT2D eigenvalue weighted by Gasteiger charge is 2.49. The average molecular weight is 1420 g/mol. The maximum Gasteiger partial charge on any atom is 0.256 e. The minimum Gasteiger partial charge on any atom is -0.458 e. The molecule has 4 heterocycles. The minimum atomic E-state index is -0.665. The first-order chi connectivity index (χ1) is 52.7. The van der Waals surface area contributed by atoms with E-state index in [0.717, 1.165) is 89.7 Å². The van der Waals surface area contributed by atoms with Crippen molar-refractivity contribution in [2.45, 2.75) is 136 Å². The largest absolute Gasteiger partial charge is 0.458 e. The van der Waals surface area contributed by atoms with Crippen LogP contribution in [0.3, 0.4) is 0 Å². The van der Waals surface area contributed by atoms with Gasteiger partial charge in [-0.1, -0.05) is 310 Å². The van der Waals surface area contributed by atoms with Crippen LogP contribution in [0.15, 0.2) is 297 Å². The summed E-state index contributed by atoms with van der Waals surface area (Å²) in [7, 11) is 0. The second kappa shape index (κ2) is 24.7. The van der Waals surface area contributed by atoms with Gasteiger partial charge in [0.2, 0.25) is 0 Å². The lowest BCUT2D eigenvalue weighted by molar-refractivity contribution is 0.487. The second-order valence-electron chi connectivity index (χ2n) is 36.5. The SMILES string of the molecule is CC(C)(C)c1cc(-c2ccccc2)c(N2c3cc(-c4cccc5c4C(c4ccccc4)(c4ccccc4)c4ccccc4-5)ccc3B3c4ccc(-n5c6ccc(C(C)(C)C)cc6c6cc(C(C)(C)C)ccc65)cc4Oc4cc(-n5c6ccc(C(C)(C)C)cc6c6cc(C(C)(C)C)ccc65)cc2c43)c(-c2ccccc2)c1. The smallest absolute Gasteiger partial charge is 0.256 e. The zero-order chi connectivity index (χ0) is 75.9. The molecule has 0 bridgehead atoms. The predicted molar refractivity (Wildman–Crippen MR) is 468 cm³/mol. The fraction of sp³-hybridized carbons (Fsp3) is 0.200. The maximum absolute atomic E-state index is 8.03. The molecule has 0 atom stereocenters. The molecule has 1 aliphatic carbocycles. The number of aromatic nitrogens is 2. The molecule has 0 spiro atoms. The number of ether oxygens (including phenoxy) is 1. The fourth-order valence-electron chi connectivity index (χ4n) is 18.6. The van der Waals surface area contributed by atoms with Crippen molar-refractivity contribution in [3.05, 3.63) is 347 Å². The summed E-state index contributed by atoms with van der Waals surface area (Å²) in [5, 5.41) is 4.97. The average Bonchev–Trinajstić information content (AvgIpc) is 1.28. The second-order valence-corrected chi connectivity index (χ2v) is 36.5. The Labute approximate surface area is 649 Å².